The molecule has 1 N–H and O–H groups in total. The van der Waals surface area contributed by atoms with Crippen molar-refractivity contribution in [3.63, 3.8) is 0 Å². The van der Waals surface area contributed by atoms with Crippen molar-refractivity contribution >= 4 is 17.6 Å². The molecule has 2 rings (SSSR count). The summed E-state index contributed by atoms with van der Waals surface area (Å²) in [7, 11) is 4.40. The topological polar surface area (TPSA) is 65.0 Å². The van der Waals surface area contributed by atoms with E-state index in [9.17, 15) is 9.90 Å². The molecule has 1 fully saturated rings. The van der Waals surface area contributed by atoms with Crippen LogP contribution in [0, 0.1) is 0 Å². The van der Waals surface area contributed by atoms with Crippen molar-refractivity contribution in [3.05, 3.63) is 16.7 Å². The van der Waals surface area contributed by atoms with Gasteiger partial charge in [-0.2, -0.15) is 0 Å². The predicted octanol–water partition coefficient (Wildman–Crippen LogP) is 2.48. The molecule has 0 bridgehead atoms. The Bertz CT molecular complexity index is 522. The molecule has 19 heavy (non-hydrogen) atoms. The molecular formula is C13H15ClO5. The summed E-state index contributed by atoms with van der Waals surface area (Å²) in [5.74, 6) is 0.190. The maximum Gasteiger partial charge on any atom is 0.314 e. The molecule has 104 valence electrons. The minimum Gasteiger partial charge on any atom is -0.495 e. The number of hydrogen-bond donors (Lipinski definition) is 1. The van der Waals surface area contributed by atoms with Crippen molar-refractivity contribution in [2.24, 2.45) is 0 Å². The van der Waals surface area contributed by atoms with E-state index >= 15 is 0 Å². The minimum atomic E-state index is -0.922. The Kier molecular flexibility index (Phi) is 3.49. The molecule has 0 aliphatic heterocycles. The van der Waals surface area contributed by atoms with Crippen molar-refractivity contribution in [2.45, 2.75) is 18.3 Å². The number of carbonyl (C=O) groups is 1. The highest BCUT2D eigenvalue weighted by Crippen LogP contribution is 2.56. The first-order chi connectivity index (χ1) is 9.01. The molecular weight excluding hydrogens is 272 g/mol. The lowest BCUT2D eigenvalue weighted by Gasteiger charge is -2.19. The monoisotopic (exact) mass is 286 g/mol. The molecule has 1 aromatic rings. The summed E-state index contributed by atoms with van der Waals surface area (Å²) in [6, 6.07) is 1.63. The number of ether oxygens (including phenoxy) is 3. The van der Waals surface area contributed by atoms with Gasteiger partial charge in [-0.3, -0.25) is 4.79 Å². The van der Waals surface area contributed by atoms with Gasteiger partial charge in [-0.1, -0.05) is 11.6 Å². The minimum absolute atomic E-state index is 0.229. The van der Waals surface area contributed by atoms with E-state index in [1.54, 1.807) is 6.07 Å². The maximum atomic E-state index is 11.4. The van der Waals surface area contributed by atoms with E-state index in [-0.39, 0.29) is 5.02 Å². The molecule has 0 amide bonds. The van der Waals surface area contributed by atoms with Crippen LogP contribution >= 0.6 is 11.6 Å². The molecule has 1 aliphatic carbocycles. The van der Waals surface area contributed by atoms with Crippen LogP contribution in [-0.4, -0.2) is 32.4 Å². The van der Waals surface area contributed by atoms with Crippen molar-refractivity contribution in [1.82, 2.24) is 0 Å². The number of benzene rings is 1. The predicted molar refractivity (Wildman–Crippen MR) is 69.7 cm³/mol. The van der Waals surface area contributed by atoms with E-state index in [4.69, 9.17) is 25.8 Å². The van der Waals surface area contributed by atoms with Crippen LogP contribution in [-0.2, 0) is 10.2 Å². The molecule has 0 aromatic heterocycles. The average Bonchev–Trinajstić information content (AvgIpc) is 3.18. The van der Waals surface area contributed by atoms with Crippen LogP contribution in [0.1, 0.15) is 18.4 Å². The second-order valence-electron chi connectivity index (χ2n) is 4.39. The lowest BCUT2D eigenvalue weighted by molar-refractivity contribution is -0.140. The van der Waals surface area contributed by atoms with Gasteiger partial charge in [-0.15, -0.1) is 0 Å². The third-order valence-corrected chi connectivity index (χ3v) is 3.79. The van der Waals surface area contributed by atoms with Crippen LogP contribution < -0.4 is 14.2 Å². The van der Waals surface area contributed by atoms with Gasteiger partial charge in [0.05, 0.1) is 26.7 Å². The van der Waals surface area contributed by atoms with Crippen LogP contribution in [0.3, 0.4) is 0 Å². The number of aliphatic carboxylic acids is 1. The number of methoxy groups -OCH3 is 3. The van der Waals surface area contributed by atoms with Gasteiger partial charge >= 0.3 is 5.97 Å². The van der Waals surface area contributed by atoms with E-state index < -0.39 is 11.4 Å². The lowest BCUT2D eigenvalue weighted by atomic mass is 9.94. The zero-order valence-corrected chi connectivity index (χ0v) is 11.7. The first-order valence-electron chi connectivity index (χ1n) is 5.74. The SMILES string of the molecule is COc1cc(C2(C(=O)O)CC2)c(OC)c(Cl)c1OC. The van der Waals surface area contributed by atoms with E-state index in [1.165, 1.54) is 21.3 Å². The highest BCUT2D eigenvalue weighted by molar-refractivity contribution is 6.34. The first kappa shape index (κ1) is 13.8. The molecule has 1 saturated carbocycles. The van der Waals surface area contributed by atoms with Crippen molar-refractivity contribution < 1.29 is 24.1 Å². The summed E-state index contributed by atoms with van der Waals surface area (Å²) >= 11 is 6.21. The van der Waals surface area contributed by atoms with Gasteiger partial charge in [0.15, 0.2) is 11.5 Å². The normalized spacial score (nSPS) is 15.8. The van der Waals surface area contributed by atoms with E-state index in [2.05, 4.69) is 0 Å². The smallest absolute Gasteiger partial charge is 0.314 e. The van der Waals surface area contributed by atoms with Crippen molar-refractivity contribution in [2.75, 3.05) is 21.3 Å². The Balaban J connectivity index is 2.68. The Morgan fingerprint density at radius 1 is 1.21 bits per heavy atom. The fourth-order valence-corrected chi connectivity index (χ4v) is 2.56. The zero-order valence-electron chi connectivity index (χ0n) is 10.9. The van der Waals surface area contributed by atoms with Gasteiger partial charge in [0.25, 0.3) is 0 Å². The van der Waals surface area contributed by atoms with Gasteiger partial charge in [0, 0.05) is 5.56 Å². The van der Waals surface area contributed by atoms with E-state index in [1.807, 2.05) is 0 Å². The third kappa shape index (κ3) is 1.98. The fourth-order valence-electron chi connectivity index (χ4n) is 2.21. The lowest BCUT2D eigenvalue weighted by Crippen LogP contribution is -2.20. The van der Waals surface area contributed by atoms with Gasteiger partial charge in [0.2, 0.25) is 0 Å². The molecule has 0 heterocycles. The van der Waals surface area contributed by atoms with Crippen LogP contribution in [0.5, 0.6) is 17.2 Å². The Hall–Kier alpha value is -1.62. The van der Waals surface area contributed by atoms with Crippen molar-refractivity contribution in [1.29, 1.82) is 0 Å². The molecule has 1 aromatic carbocycles. The molecule has 5 nitrogen and oxygen atoms in total. The van der Waals surface area contributed by atoms with Crippen molar-refractivity contribution in [3.8, 4) is 17.2 Å². The van der Waals surface area contributed by atoms with Gasteiger partial charge < -0.3 is 19.3 Å². The number of halogens is 1. The molecule has 0 unspecified atom stereocenters. The Morgan fingerprint density at radius 3 is 2.16 bits per heavy atom. The highest BCUT2D eigenvalue weighted by Gasteiger charge is 2.54. The highest BCUT2D eigenvalue weighted by atomic mass is 35.5. The summed E-state index contributed by atoms with van der Waals surface area (Å²) in [5, 5.41) is 9.62. The summed E-state index contributed by atoms with van der Waals surface area (Å²) in [6.07, 6.45) is 1.12. The molecule has 6 heteroatoms. The van der Waals surface area contributed by atoms with Gasteiger partial charge in [-0.25, -0.2) is 0 Å². The maximum absolute atomic E-state index is 11.4. The second kappa shape index (κ2) is 4.81. The fraction of sp³-hybridized carbons (Fsp3) is 0.462. The van der Waals surface area contributed by atoms with Gasteiger partial charge in [-0.05, 0) is 18.9 Å². The van der Waals surface area contributed by atoms with Crippen LogP contribution in [0.25, 0.3) is 0 Å². The van der Waals surface area contributed by atoms with Crippen LogP contribution in [0.15, 0.2) is 6.07 Å². The average molecular weight is 287 g/mol. The molecule has 0 atom stereocenters. The van der Waals surface area contributed by atoms with E-state index in [0.29, 0.717) is 35.7 Å². The quantitative estimate of drug-likeness (QED) is 0.901. The summed E-state index contributed by atoms with van der Waals surface area (Å²) in [5.41, 5.74) is -0.390. The van der Waals surface area contributed by atoms with Crippen LogP contribution in [0.2, 0.25) is 5.02 Å². The summed E-state index contributed by atoms with van der Waals surface area (Å²) < 4.78 is 15.6. The number of carboxylic acids is 1. The summed E-state index contributed by atoms with van der Waals surface area (Å²) in [4.78, 5) is 11.4. The Morgan fingerprint density at radius 2 is 1.79 bits per heavy atom. The third-order valence-electron chi connectivity index (χ3n) is 3.45. The number of carboxylic acid groups (broad SMARTS) is 1. The number of rotatable bonds is 5. The van der Waals surface area contributed by atoms with E-state index in [0.717, 1.165) is 0 Å². The first-order valence-corrected chi connectivity index (χ1v) is 6.12. The zero-order chi connectivity index (χ0) is 14.2. The Labute approximate surface area is 116 Å². The molecule has 0 radical (unpaired) electrons. The summed E-state index contributed by atoms with van der Waals surface area (Å²) in [6.45, 7) is 0. The molecule has 0 spiro atoms. The standard InChI is InChI=1S/C13H15ClO5/c1-17-8-6-7(13(4-5-13)12(15)16)10(18-2)9(14)11(8)19-3/h6H,4-5H2,1-3H3,(H,15,16). The molecule has 0 saturated heterocycles. The van der Waals surface area contributed by atoms with Gasteiger partial charge in [0.1, 0.15) is 10.8 Å². The second-order valence-corrected chi connectivity index (χ2v) is 4.77. The largest absolute Gasteiger partial charge is 0.495 e. The number of hydrogen-bond acceptors (Lipinski definition) is 4. The van der Waals surface area contributed by atoms with Crippen LogP contribution in [0.4, 0.5) is 0 Å². The molecule has 1 aliphatic rings.